The summed E-state index contributed by atoms with van der Waals surface area (Å²) in [5.41, 5.74) is 9.70. The van der Waals surface area contributed by atoms with Crippen molar-refractivity contribution in [1.29, 1.82) is 0 Å². The Morgan fingerprint density at radius 2 is 1.38 bits per heavy atom. The Morgan fingerprint density at radius 3 is 1.97 bits per heavy atom. The molecule has 0 radical (unpaired) electrons. The van der Waals surface area contributed by atoms with Gasteiger partial charge in [-0.1, -0.05) is 56.1 Å². The minimum Gasteiger partial charge on any atom is -0.476 e. The van der Waals surface area contributed by atoms with E-state index in [1.54, 1.807) is 6.20 Å². The molecule has 1 aromatic heterocycles. The number of nitrogens with two attached hydrogens (primary N) is 1. The number of halogens is 2. The van der Waals surface area contributed by atoms with Crippen LogP contribution in [0.3, 0.4) is 0 Å². The summed E-state index contributed by atoms with van der Waals surface area (Å²) in [4.78, 5) is 9.55. The molecular formula is C23H23Br2N3O. The van der Waals surface area contributed by atoms with E-state index in [4.69, 9.17) is 20.4 Å². The molecule has 150 valence electrons. The van der Waals surface area contributed by atoms with Crippen LogP contribution < -0.4 is 10.5 Å². The van der Waals surface area contributed by atoms with Crippen LogP contribution in [0.2, 0.25) is 0 Å². The Labute approximate surface area is 188 Å². The molecule has 0 bridgehead atoms. The molecule has 0 aliphatic heterocycles. The van der Waals surface area contributed by atoms with E-state index in [0.29, 0.717) is 24.4 Å². The van der Waals surface area contributed by atoms with E-state index < -0.39 is 0 Å². The van der Waals surface area contributed by atoms with Gasteiger partial charge in [0.15, 0.2) is 0 Å². The van der Waals surface area contributed by atoms with Gasteiger partial charge in [0.25, 0.3) is 0 Å². The van der Waals surface area contributed by atoms with Gasteiger partial charge in [0.2, 0.25) is 5.88 Å². The first-order valence-electron chi connectivity index (χ1n) is 9.86. The topological polar surface area (TPSA) is 61.0 Å². The molecule has 29 heavy (non-hydrogen) atoms. The first kappa shape index (κ1) is 20.5. The molecule has 1 heterocycles. The van der Waals surface area contributed by atoms with Gasteiger partial charge in [-0.05, 0) is 55.9 Å². The monoisotopic (exact) mass is 515 g/mol. The maximum absolute atomic E-state index is 6.05. The van der Waals surface area contributed by atoms with Crippen molar-refractivity contribution < 1.29 is 4.74 Å². The van der Waals surface area contributed by atoms with Crippen LogP contribution in [0.15, 0.2) is 63.7 Å². The van der Waals surface area contributed by atoms with E-state index in [-0.39, 0.29) is 0 Å². The summed E-state index contributed by atoms with van der Waals surface area (Å²) < 4.78 is 8.11. The fourth-order valence-corrected chi connectivity index (χ4v) is 4.16. The molecule has 0 unspecified atom stereocenters. The molecular weight excluding hydrogens is 494 g/mol. The van der Waals surface area contributed by atoms with Crippen LogP contribution in [0.1, 0.15) is 25.7 Å². The molecule has 1 aliphatic rings. The smallest absolute Gasteiger partial charge is 0.232 e. The molecule has 4 rings (SSSR count). The average Bonchev–Trinajstić information content (AvgIpc) is 2.74. The van der Waals surface area contributed by atoms with Gasteiger partial charge in [0.1, 0.15) is 5.69 Å². The van der Waals surface area contributed by atoms with Crippen LogP contribution in [0.4, 0.5) is 0 Å². The van der Waals surface area contributed by atoms with Crippen molar-refractivity contribution in [3.8, 4) is 28.4 Å². The third-order valence-corrected chi connectivity index (χ3v) is 6.40. The molecule has 3 aromatic rings. The molecule has 6 heteroatoms. The minimum absolute atomic E-state index is 0.347. The molecule has 1 fully saturated rings. The van der Waals surface area contributed by atoms with Crippen LogP contribution in [-0.2, 0) is 0 Å². The highest BCUT2D eigenvalue weighted by molar-refractivity contribution is 9.10. The third-order valence-electron chi connectivity index (χ3n) is 5.34. The second-order valence-electron chi connectivity index (χ2n) is 7.51. The summed E-state index contributed by atoms with van der Waals surface area (Å²) in [6.07, 6.45) is 6.11. The predicted octanol–water partition coefficient (Wildman–Crippen LogP) is 6.23. The standard InChI is InChI=1S/C23H23Br2N3O/c24-18-7-3-16(4-8-18)22-23(17-5-9-19(25)10-6-17)28-21(13-27-22)29-14-15-1-11-20(26)12-2-15/h3-10,13,15,20H,1-2,11-12,14,26H2. The SMILES string of the molecule is NC1CCC(COc2cnc(-c3ccc(Br)cc3)c(-c3ccc(Br)cc3)n2)CC1. The second kappa shape index (κ2) is 9.37. The lowest BCUT2D eigenvalue weighted by atomic mass is 9.87. The lowest BCUT2D eigenvalue weighted by Crippen LogP contribution is -2.28. The van der Waals surface area contributed by atoms with Crippen molar-refractivity contribution >= 4 is 31.9 Å². The van der Waals surface area contributed by atoms with Gasteiger partial charge in [0.05, 0.1) is 18.5 Å². The Bertz CT molecular complexity index is 953. The van der Waals surface area contributed by atoms with Gasteiger partial charge in [-0.15, -0.1) is 0 Å². The number of nitrogens with zero attached hydrogens (tertiary/aromatic N) is 2. The van der Waals surface area contributed by atoms with Crippen LogP contribution in [-0.4, -0.2) is 22.6 Å². The van der Waals surface area contributed by atoms with Crippen molar-refractivity contribution in [2.24, 2.45) is 11.7 Å². The maximum Gasteiger partial charge on any atom is 0.232 e. The minimum atomic E-state index is 0.347. The zero-order valence-electron chi connectivity index (χ0n) is 16.0. The summed E-state index contributed by atoms with van der Waals surface area (Å²) in [7, 11) is 0. The number of ether oxygens (including phenoxy) is 1. The van der Waals surface area contributed by atoms with Crippen molar-refractivity contribution in [1.82, 2.24) is 9.97 Å². The van der Waals surface area contributed by atoms with E-state index >= 15 is 0 Å². The van der Waals surface area contributed by atoms with Crippen molar-refractivity contribution in [3.05, 3.63) is 63.7 Å². The van der Waals surface area contributed by atoms with Gasteiger partial charge < -0.3 is 10.5 Å². The second-order valence-corrected chi connectivity index (χ2v) is 9.34. The van der Waals surface area contributed by atoms with E-state index in [1.807, 2.05) is 48.5 Å². The van der Waals surface area contributed by atoms with E-state index in [0.717, 1.165) is 57.1 Å². The molecule has 1 saturated carbocycles. The van der Waals surface area contributed by atoms with Crippen LogP contribution in [0, 0.1) is 5.92 Å². The van der Waals surface area contributed by atoms with Gasteiger partial charge in [-0.3, -0.25) is 0 Å². The number of rotatable bonds is 5. The molecule has 0 saturated heterocycles. The van der Waals surface area contributed by atoms with Gasteiger partial charge in [-0.2, -0.15) is 0 Å². The van der Waals surface area contributed by atoms with Crippen molar-refractivity contribution in [3.63, 3.8) is 0 Å². The van der Waals surface area contributed by atoms with Gasteiger partial charge >= 0.3 is 0 Å². The first-order chi connectivity index (χ1) is 14.1. The molecule has 4 nitrogen and oxygen atoms in total. The fraction of sp³-hybridized carbons (Fsp3) is 0.304. The van der Waals surface area contributed by atoms with Gasteiger partial charge in [0, 0.05) is 26.1 Å². The summed E-state index contributed by atoms with van der Waals surface area (Å²) in [6, 6.07) is 16.6. The number of aromatic nitrogens is 2. The van der Waals surface area contributed by atoms with Crippen LogP contribution in [0.5, 0.6) is 5.88 Å². The Morgan fingerprint density at radius 1 is 0.828 bits per heavy atom. The Hall–Kier alpha value is -1.76. The third kappa shape index (κ3) is 5.24. The zero-order chi connectivity index (χ0) is 20.2. The first-order valence-corrected chi connectivity index (χ1v) is 11.4. The largest absolute Gasteiger partial charge is 0.476 e. The van der Waals surface area contributed by atoms with Crippen molar-refractivity contribution in [2.75, 3.05) is 6.61 Å². The molecule has 0 atom stereocenters. The van der Waals surface area contributed by atoms with Crippen LogP contribution >= 0.6 is 31.9 Å². The maximum atomic E-state index is 6.05. The fourth-order valence-electron chi connectivity index (χ4n) is 3.63. The lowest BCUT2D eigenvalue weighted by Gasteiger charge is -2.25. The quantitative estimate of drug-likeness (QED) is 0.436. The number of benzene rings is 2. The highest BCUT2D eigenvalue weighted by Gasteiger charge is 2.20. The molecule has 2 N–H and O–H groups in total. The molecule has 0 amide bonds. The molecule has 1 aliphatic carbocycles. The van der Waals surface area contributed by atoms with E-state index in [1.165, 1.54) is 0 Å². The Kier molecular flexibility index (Phi) is 6.63. The summed E-state index contributed by atoms with van der Waals surface area (Å²) >= 11 is 7.00. The lowest BCUT2D eigenvalue weighted by molar-refractivity contribution is 0.195. The normalized spacial score (nSPS) is 19.1. The van der Waals surface area contributed by atoms with E-state index in [9.17, 15) is 0 Å². The molecule has 0 spiro atoms. The summed E-state index contributed by atoms with van der Waals surface area (Å²) in [5.74, 6) is 1.11. The Balaban J connectivity index is 1.62. The number of hydrogen-bond acceptors (Lipinski definition) is 4. The van der Waals surface area contributed by atoms with Crippen LogP contribution in [0.25, 0.3) is 22.5 Å². The zero-order valence-corrected chi connectivity index (χ0v) is 19.2. The highest BCUT2D eigenvalue weighted by Crippen LogP contribution is 2.32. The van der Waals surface area contributed by atoms with Crippen molar-refractivity contribution in [2.45, 2.75) is 31.7 Å². The average molecular weight is 517 g/mol. The highest BCUT2D eigenvalue weighted by atomic mass is 79.9. The predicted molar refractivity (Wildman–Crippen MR) is 124 cm³/mol. The van der Waals surface area contributed by atoms with Gasteiger partial charge in [-0.25, -0.2) is 9.97 Å². The van der Waals surface area contributed by atoms with E-state index in [2.05, 4.69) is 31.9 Å². The number of hydrogen-bond donors (Lipinski definition) is 1. The molecule has 2 aromatic carbocycles. The summed E-state index contributed by atoms with van der Waals surface area (Å²) in [6.45, 7) is 0.665. The summed E-state index contributed by atoms with van der Waals surface area (Å²) in [5, 5.41) is 0.